The quantitative estimate of drug-likeness (QED) is 0.533. The fourth-order valence-corrected chi connectivity index (χ4v) is 1.12. The van der Waals surface area contributed by atoms with E-state index in [2.05, 4.69) is 0 Å². The Morgan fingerprint density at radius 1 is 1.40 bits per heavy atom. The fraction of sp³-hybridized carbons (Fsp3) is 0.250. The predicted molar refractivity (Wildman–Crippen MR) is 35.8 cm³/mol. The van der Waals surface area contributed by atoms with Crippen LogP contribution >= 0.6 is 0 Å². The number of benzene rings is 1. The Labute approximate surface area is 58.4 Å². The molecular formula is C8H7FO. The molecule has 0 saturated heterocycles. The maximum Gasteiger partial charge on any atom is 0.163 e. The second-order valence-electron chi connectivity index (χ2n) is 2.32. The van der Waals surface area contributed by atoms with E-state index in [1.807, 2.05) is 12.1 Å². The van der Waals surface area contributed by atoms with Crippen LogP contribution in [0.3, 0.4) is 0 Å². The van der Waals surface area contributed by atoms with Crippen molar-refractivity contribution in [1.82, 2.24) is 0 Å². The van der Waals surface area contributed by atoms with Gasteiger partial charge in [0.05, 0.1) is 0 Å². The lowest BCUT2D eigenvalue weighted by atomic mass is 10.1. The Balaban J connectivity index is 2.51. The lowest BCUT2D eigenvalue weighted by Crippen LogP contribution is -1.91. The summed E-state index contributed by atoms with van der Waals surface area (Å²) in [6, 6.07) is 7.21. The maximum atomic E-state index is 12.8. The zero-order chi connectivity index (χ0) is 6.97. The summed E-state index contributed by atoms with van der Waals surface area (Å²) in [4.78, 5) is 0. The highest BCUT2D eigenvalue weighted by Crippen LogP contribution is 2.33. The van der Waals surface area contributed by atoms with Crippen LogP contribution in [0.5, 0.6) is 5.75 Å². The highest BCUT2D eigenvalue weighted by molar-refractivity contribution is 5.37. The molecule has 0 bridgehead atoms. The standard InChI is InChI=1S/C8H7FO/c9-7-5-10-8-4-2-1-3-6(7)8/h1-4,7H,5H2. The molecule has 1 heterocycles. The number of rotatable bonds is 0. The van der Waals surface area contributed by atoms with Crippen molar-refractivity contribution in [3.8, 4) is 5.75 Å². The van der Waals surface area contributed by atoms with Gasteiger partial charge in [0.1, 0.15) is 12.4 Å². The molecule has 0 radical (unpaired) electrons. The first-order valence-corrected chi connectivity index (χ1v) is 3.24. The molecule has 1 unspecified atom stereocenters. The van der Waals surface area contributed by atoms with Crippen LogP contribution in [0.25, 0.3) is 0 Å². The molecule has 0 aliphatic carbocycles. The van der Waals surface area contributed by atoms with Gasteiger partial charge in [-0.3, -0.25) is 0 Å². The van der Waals surface area contributed by atoms with Crippen molar-refractivity contribution in [2.45, 2.75) is 6.17 Å². The molecule has 0 amide bonds. The van der Waals surface area contributed by atoms with Gasteiger partial charge in [-0.2, -0.15) is 0 Å². The molecule has 1 aliphatic heterocycles. The van der Waals surface area contributed by atoms with Crippen LogP contribution in [0, 0.1) is 0 Å². The van der Waals surface area contributed by atoms with Crippen molar-refractivity contribution < 1.29 is 9.13 Å². The smallest absolute Gasteiger partial charge is 0.163 e. The van der Waals surface area contributed by atoms with Crippen molar-refractivity contribution in [2.75, 3.05) is 6.61 Å². The molecule has 0 N–H and O–H groups in total. The first-order chi connectivity index (χ1) is 4.88. The highest BCUT2D eigenvalue weighted by atomic mass is 19.1. The van der Waals surface area contributed by atoms with E-state index in [1.165, 1.54) is 0 Å². The number of para-hydroxylation sites is 1. The Morgan fingerprint density at radius 2 is 2.20 bits per heavy atom. The maximum absolute atomic E-state index is 12.8. The molecule has 1 aromatic rings. The van der Waals surface area contributed by atoms with Gasteiger partial charge in [0, 0.05) is 5.56 Å². The SMILES string of the molecule is FC1COc2ccccc21. The third kappa shape index (κ3) is 0.685. The summed E-state index contributed by atoms with van der Waals surface area (Å²) in [5.41, 5.74) is 0.683. The Morgan fingerprint density at radius 3 is 3.00 bits per heavy atom. The van der Waals surface area contributed by atoms with Crippen LogP contribution < -0.4 is 4.74 Å². The van der Waals surface area contributed by atoms with Gasteiger partial charge in [-0.25, -0.2) is 4.39 Å². The molecular weight excluding hydrogens is 131 g/mol. The molecule has 10 heavy (non-hydrogen) atoms. The molecule has 1 atom stereocenters. The first-order valence-electron chi connectivity index (χ1n) is 3.24. The third-order valence-corrected chi connectivity index (χ3v) is 1.64. The monoisotopic (exact) mass is 138 g/mol. The van der Waals surface area contributed by atoms with Crippen LogP contribution in [-0.4, -0.2) is 6.61 Å². The summed E-state index contributed by atoms with van der Waals surface area (Å²) in [6.07, 6.45) is -0.920. The van der Waals surface area contributed by atoms with E-state index in [1.54, 1.807) is 12.1 Å². The van der Waals surface area contributed by atoms with Gasteiger partial charge in [-0.1, -0.05) is 18.2 Å². The van der Waals surface area contributed by atoms with E-state index in [0.29, 0.717) is 11.3 Å². The van der Waals surface area contributed by atoms with Crippen LogP contribution in [0.1, 0.15) is 11.7 Å². The van der Waals surface area contributed by atoms with Gasteiger partial charge in [0.25, 0.3) is 0 Å². The number of ether oxygens (including phenoxy) is 1. The van der Waals surface area contributed by atoms with Gasteiger partial charge in [0.2, 0.25) is 0 Å². The number of hydrogen-bond acceptors (Lipinski definition) is 1. The minimum absolute atomic E-state index is 0.180. The summed E-state index contributed by atoms with van der Waals surface area (Å²) in [5.74, 6) is 0.690. The highest BCUT2D eigenvalue weighted by Gasteiger charge is 2.21. The Bertz CT molecular complexity index is 247. The molecule has 52 valence electrons. The minimum atomic E-state index is -0.920. The number of fused-ring (bicyclic) bond motifs is 1. The van der Waals surface area contributed by atoms with E-state index in [9.17, 15) is 4.39 Å². The van der Waals surface area contributed by atoms with Crippen molar-refractivity contribution in [3.05, 3.63) is 29.8 Å². The lowest BCUT2D eigenvalue weighted by Gasteiger charge is -1.94. The van der Waals surface area contributed by atoms with Crippen LogP contribution in [-0.2, 0) is 0 Å². The summed E-state index contributed by atoms with van der Waals surface area (Å²) < 4.78 is 17.8. The van der Waals surface area contributed by atoms with Crippen LogP contribution in [0.4, 0.5) is 4.39 Å². The molecule has 2 rings (SSSR count). The van der Waals surface area contributed by atoms with E-state index < -0.39 is 6.17 Å². The molecule has 0 fully saturated rings. The number of halogens is 1. The van der Waals surface area contributed by atoms with E-state index in [0.717, 1.165) is 0 Å². The van der Waals surface area contributed by atoms with Crippen LogP contribution in [0.2, 0.25) is 0 Å². The molecule has 0 spiro atoms. The van der Waals surface area contributed by atoms with Crippen molar-refractivity contribution in [3.63, 3.8) is 0 Å². The zero-order valence-corrected chi connectivity index (χ0v) is 5.38. The average molecular weight is 138 g/mol. The topological polar surface area (TPSA) is 9.23 Å². The molecule has 2 heteroatoms. The second kappa shape index (κ2) is 1.97. The second-order valence-corrected chi connectivity index (χ2v) is 2.32. The van der Waals surface area contributed by atoms with Gasteiger partial charge in [-0.05, 0) is 6.07 Å². The summed E-state index contributed by atoms with van der Waals surface area (Å²) in [6.45, 7) is 0.180. The van der Waals surface area contributed by atoms with Crippen molar-refractivity contribution >= 4 is 0 Å². The molecule has 0 saturated carbocycles. The van der Waals surface area contributed by atoms with E-state index in [4.69, 9.17) is 4.74 Å². The normalized spacial score (nSPS) is 21.9. The minimum Gasteiger partial charge on any atom is -0.490 e. The van der Waals surface area contributed by atoms with Gasteiger partial charge in [-0.15, -0.1) is 0 Å². The van der Waals surface area contributed by atoms with Crippen molar-refractivity contribution in [2.24, 2.45) is 0 Å². The summed E-state index contributed by atoms with van der Waals surface area (Å²) >= 11 is 0. The van der Waals surface area contributed by atoms with Crippen molar-refractivity contribution in [1.29, 1.82) is 0 Å². The predicted octanol–water partition coefficient (Wildman–Crippen LogP) is 2.09. The molecule has 1 nitrogen and oxygen atoms in total. The van der Waals surface area contributed by atoms with Gasteiger partial charge < -0.3 is 4.74 Å². The van der Waals surface area contributed by atoms with Gasteiger partial charge in [0.15, 0.2) is 6.17 Å². The zero-order valence-electron chi connectivity index (χ0n) is 5.38. The van der Waals surface area contributed by atoms with Gasteiger partial charge >= 0.3 is 0 Å². The number of hydrogen-bond donors (Lipinski definition) is 0. The van der Waals surface area contributed by atoms with E-state index >= 15 is 0 Å². The molecule has 1 aromatic carbocycles. The molecule has 1 aliphatic rings. The lowest BCUT2D eigenvalue weighted by molar-refractivity contribution is 0.243. The summed E-state index contributed by atoms with van der Waals surface area (Å²) in [7, 11) is 0. The third-order valence-electron chi connectivity index (χ3n) is 1.64. The first kappa shape index (κ1) is 5.71. The average Bonchev–Trinajstić information content (AvgIpc) is 2.34. The fourth-order valence-electron chi connectivity index (χ4n) is 1.12. The largest absolute Gasteiger partial charge is 0.490 e. The Kier molecular flexibility index (Phi) is 1.13. The Hall–Kier alpha value is -1.05. The molecule has 0 aromatic heterocycles. The number of alkyl halides is 1. The van der Waals surface area contributed by atoms with E-state index in [-0.39, 0.29) is 6.61 Å². The summed E-state index contributed by atoms with van der Waals surface area (Å²) in [5, 5.41) is 0. The van der Waals surface area contributed by atoms with Crippen LogP contribution in [0.15, 0.2) is 24.3 Å².